The molecular formula is C20H21ClN4O4. The molecule has 0 aliphatic rings. The van der Waals surface area contributed by atoms with Crippen molar-refractivity contribution in [3.8, 4) is 0 Å². The number of hydrogen-bond acceptors (Lipinski definition) is 7. The average molecular weight is 417 g/mol. The molecule has 9 heteroatoms. The molecular weight excluding hydrogens is 396 g/mol. The highest BCUT2D eigenvalue weighted by Gasteiger charge is 2.09. The zero-order valence-electron chi connectivity index (χ0n) is 16.0. The minimum Gasteiger partial charge on any atom is -0.435 e. The lowest BCUT2D eigenvalue weighted by molar-refractivity contribution is -0.384. The summed E-state index contributed by atoms with van der Waals surface area (Å²) in [7, 11) is 0. The van der Waals surface area contributed by atoms with Gasteiger partial charge in [0.25, 0.3) is 5.69 Å². The van der Waals surface area contributed by atoms with Gasteiger partial charge in [0.2, 0.25) is 0 Å². The number of rotatable bonds is 10. The highest BCUT2D eigenvalue weighted by molar-refractivity contribution is 6.33. The van der Waals surface area contributed by atoms with Gasteiger partial charge < -0.3 is 9.64 Å². The molecule has 0 fully saturated rings. The third kappa shape index (κ3) is 6.69. The minimum absolute atomic E-state index is 0.101. The SMILES string of the molecule is C=COC(=O)CCCN(CC)c1ccc(N=Nc2ccc([N+](=O)[O-])cc2Cl)cc1. The standard InChI is InChI=1S/C20H21ClN4O4/c1-3-24(13-5-6-20(26)29-4-2)16-9-7-15(8-10-16)22-23-19-12-11-17(25(27)28)14-18(19)21/h4,7-12,14H,2-3,5-6,13H2,1H3. The Morgan fingerprint density at radius 3 is 2.59 bits per heavy atom. The molecule has 0 unspecified atom stereocenters. The predicted molar refractivity (Wildman–Crippen MR) is 112 cm³/mol. The van der Waals surface area contributed by atoms with E-state index in [4.69, 9.17) is 16.3 Å². The molecule has 0 aliphatic heterocycles. The number of nitro groups is 1. The smallest absolute Gasteiger partial charge is 0.310 e. The number of esters is 1. The number of nitro benzene ring substituents is 1. The van der Waals surface area contributed by atoms with E-state index in [0.717, 1.165) is 18.5 Å². The third-order valence-electron chi connectivity index (χ3n) is 4.04. The van der Waals surface area contributed by atoms with Gasteiger partial charge in [0.1, 0.15) is 5.69 Å². The normalized spacial score (nSPS) is 10.7. The monoisotopic (exact) mass is 416 g/mol. The minimum atomic E-state index is -0.520. The highest BCUT2D eigenvalue weighted by atomic mass is 35.5. The van der Waals surface area contributed by atoms with Crippen LogP contribution in [0.3, 0.4) is 0 Å². The van der Waals surface area contributed by atoms with E-state index in [2.05, 4.69) is 21.7 Å². The van der Waals surface area contributed by atoms with Crippen LogP contribution in [0, 0.1) is 10.1 Å². The zero-order valence-corrected chi connectivity index (χ0v) is 16.7. The Kier molecular flexibility index (Phi) is 8.29. The number of non-ortho nitro benzene ring substituents is 1. The number of azo groups is 1. The van der Waals surface area contributed by atoms with Gasteiger partial charge in [-0.05, 0) is 43.7 Å². The first kappa shape index (κ1) is 22.0. The molecule has 0 saturated carbocycles. The Morgan fingerprint density at radius 2 is 2.00 bits per heavy atom. The van der Waals surface area contributed by atoms with Gasteiger partial charge in [0, 0.05) is 37.3 Å². The molecule has 0 saturated heterocycles. The van der Waals surface area contributed by atoms with Gasteiger partial charge in [-0.2, -0.15) is 5.11 Å². The molecule has 2 rings (SSSR count). The molecule has 152 valence electrons. The molecule has 0 aliphatic carbocycles. The lowest BCUT2D eigenvalue weighted by Gasteiger charge is -2.22. The Labute approximate surface area is 173 Å². The van der Waals surface area contributed by atoms with Crippen LogP contribution in [0.5, 0.6) is 0 Å². The van der Waals surface area contributed by atoms with Crippen LogP contribution in [-0.4, -0.2) is 24.0 Å². The van der Waals surface area contributed by atoms with E-state index in [1.54, 1.807) is 0 Å². The summed E-state index contributed by atoms with van der Waals surface area (Å²) in [5.41, 5.74) is 1.87. The number of anilines is 1. The molecule has 2 aromatic rings. The van der Waals surface area contributed by atoms with Gasteiger partial charge in [-0.25, -0.2) is 0 Å². The molecule has 0 bridgehead atoms. The van der Waals surface area contributed by atoms with Gasteiger partial charge in [-0.1, -0.05) is 18.2 Å². The van der Waals surface area contributed by atoms with Crippen molar-refractivity contribution in [3.63, 3.8) is 0 Å². The maximum absolute atomic E-state index is 11.4. The van der Waals surface area contributed by atoms with Crippen LogP contribution in [-0.2, 0) is 9.53 Å². The second-order valence-corrected chi connectivity index (χ2v) is 6.36. The molecule has 0 amide bonds. The maximum atomic E-state index is 11.4. The van der Waals surface area contributed by atoms with E-state index in [9.17, 15) is 14.9 Å². The largest absolute Gasteiger partial charge is 0.435 e. The number of carbonyl (C=O) groups is 1. The summed E-state index contributed by atoms with van der Waals surface area (Å²) in [6, 6.07) is 11.5. The fourth-order valence-electron chi connectivity index (χ4n) is 2.57. The first-order valence-electron chi connectivity index (χ1n) is 8.95. The van der Waals surface area contributed by atoms with Crippen molar-refractivity contribution in [2.75, 3.05) is 18.0 Å². The molecule has 0 N–H and O–H groups in total. The molecule has 29 heavy (non-hydrogen) atoms. The Hall–Kier alpha value is -3.26. The molecule has 2 aromatic carbocycles. The quantitative estimate of drug-likeness (QED) is 0.156. The van der Waals surface area contributed by atoms with Crippen molar-refractivity contribution in [2.45, 2.75) is 19.8 Å². The van der Waals surface area contributed by atoms with E-state index in [1.165, 1.54) is 18.2 Å². The van der Waals surface area contributed by atoms with Crippen molar-refractivity contribution >= 4 is 40.3 Å². The lowest BCUT2D eigenvalue weighted by atomic mass is 10.2. The highest BCUT2D eigenvalue weighted by Crippen LogP contribution is 2.30. The molecule has 0 radical (unpaired) electrons. The van der Waals surface area contributed by atoms with Crippen LogP contribution >= 0.6 is 11.6 Å². The number of benzene rings is 2. The van der Waals surface area contributed by atoms with Crippen LogP contribution < -0.4 is 4.90 Å². The van der Waals surface area contributed by atoms with E-state index in [-0.39, 0.29) is 16.7 Å². The summed E-state index contributed by atoms with van der Waals surface area (Å²) in [5.74, 6) is -0.295. The number of ether oxygens (including phenoxy) is 1. The van der Waals surface area contributed by atoms with Crippen LogP contribution in [0.4, 0.5) is 22.7 Å². The number of carbonyl (C=O) groups excluding carboxylic acids is 1. The topological polar surface area (TPSA) is 97.4 Å². The first-order valence-corrected chi connectivity index (χ1v) is 9.33. The predicted octanol–water partition coefficient (Wildman–Crippen LogP) is 5.96. The Morgan fingerprint density at radius 1 is 1.28 bits per heavy atom. The van der Waals surface area contributed by atoms with Gasteiger partial charge in [0.05, 0.1) is 21.9 Å². The summed E-state index contributed by atoms with van der Waals surface area (Å²) >= 11 is 6.01. The summed E-state index contributed by atoms with van der Waals surface area (Å²) in [6.45, 7) is 6.89. The molecule has 0 aromatic heterocycles. The third-order valence-corrected chi connectivity index (χ3v) is 4.34. The van der Waals surface area contributed by atoms with E-state index in [0.29, 0.717) is 30.8 Å². The van der Waals surface area contributed by atoms with Gasteiger partial charge in [-0.15, -0.1) is 5.11 Å². The van der Waals surface area contributed by atoms with E-state index in [1.807, 2.05) is 31.2 Å². The van der Waals surface area contributed by atoms with Crippen LogP contribution in [0.15, 0.2) is 65.5 Å². The summed E-state index contributed by atoms with van der Waals surface area (Å²) in [4.78, 5) is 23.7. The summed E-state index contributed by atoms with van der Waals surface area (Å²) < 4.78 is 4.71. The van der Waals surface area contributed by atoms with Crippen molar-refractivity contribution < 1.29 is 14.5 Å². The Balaban J connectivity index is 1.99. The summed E-state index contributed by atoms with van der Waals surface area (Å²) in [6.07, 6.45) is 2.13. The van der Waals surface area contributed by atoms with Gasteiger partial charge in [0.15, 0.2) is 0 Å². The van der Waals surface area contributed by atoms with Crippen molar-refractivity contribution in [1.29, 1.82) is 0 Å². The maximum Gasteiger partial charge on any atom is 0.310 e. The van der Waals surface area contributed by atoms with Crippen molar-refractivity contribution in [3.05, 3.63) is 70.4 Å². The lowest BCUT2D eigenvalue weighted by Crippen LogP contribution is -2.24. The van der Waals surface area contributed by atoms with Gasteiger partial charge >= 0.3 is 5.97 Å². The zero-order chi connectivity index (χ0) is 21.2. The van der Waals surface area contributed by atoms with Crippen LogP contribution in [0.2, 0.25) is 5.02 Å². The number of hydrogen-bond donors (Lipinski definition) is 0. The van der Waals surface area contributed by atoms with Crippen molar-refractivity contribution in [2.24, 2.45) is 10.2 Å². The molecule has 0 spiro atoms. The van der Waals surface area contributed by atoms with E-state index >= 15 is 0 Å². The van der Waals surface area contributed by atoms with Crippen molar-refractivity contribution in [1.82, 2.24) is 0 Å². The molecule has 0 atom stereocenters. The van der Waals surface area contributed by atoms with Crippen LogP contribution in [0.25, 0.3) is 0 Å². The molecule has 0 heterocycles. The molecule has 8 nitrogen and oxygen atoms in total. The fourth-order valence-corrected chi connectivity index (χ4v) is 2.78. The Bertz CT molecular complexity index is 900. The average Bonchev–Trinajstić information content (AvgIpc) is 2.71. The second-order valence-electron chi connectivity index (χ2n) is 5.95. The number of halogens is 1. The van der Waals surface area contributed by atoms with E-state index < -0.39 is 4.92 Å². The fraction of sp³-hybridized carbons (Fsp3) is 0.250. The van der Waals surface area contributed by atoms with Crippen LogP contribution in [0.1, 0.15) is 19.8 Å². The number of nitrogens with zero attached hydrogens (tertiary/aromatic N) is 4. The first-order chi connectivity index (χ1) is 13.9. The second kappa shape index (κ2) is 10.9. The summed E-state index contributed by atoms with van der Waals surface area (Å²) in [5, 5.41) is 19.1. The van der Waals surface area contributed by atoms with Gasteiger partial charge in [-0.3, -0.25) is 14.9 Å².